The van der Waals surface area contributed by atoms with Crippen LogP contribution in [0.5, 0.6) is 5.75 Å². The number of hydrogen-bond acceptors (Lipinski definition) is 4. The third kappa shape index (κ3) is 4.40. The Balaban J connectivity index is 0.00000225. The summed E-state index contributed by atoms with van der Waals surface area (Å²) in [4.78, 5) is 10.2. The summed E-state index contributed by atoms with van der Waals surface area (Å²) in [5.41, 5.74) is 4.21. The largest absolute Gasteiger partial charge is 0.497 e. The number of aryl methyl sites for hydroxylation is 1. The van der Waals surface area contributed by atoms with Crippen LogP contribution < -0.4 is 9.54 Å². The molecule has 1 heterocycles. The molecular weight excluding hydrogens is 434 g/mol. The van der Waals surface area contributed by atoms with E-state index in [-0.39, 0.29) is 17.0 Å². The predicted molar refractivity (Wildman–Crippen MR) is 120 cm³/mol. The maximum atomic E-state index is 5.21. The van der Waals surface area contributed by atoms with Gasteiger partial charge in [-0.15, -0.1) is 17.0 Å². The van der Waals surface area contributed by atoms with Gasteiger partial charge >= 0.3 is 0 Å². The molecule has 0 aliphatic carbocycles. The van der Waals surface area contributed by atoms with Crippen LogP contribution in [0.4, 0.5) is 5.69 Å². The lowest BCUT2D eigenvalue weighted by atomic mass is 10.2. The SMILES string of the molecule is Br.COc1ccc(N=c2nc(-c3ccccc3)n(-c3ccc(C)cc3)s2)cc1. The summed E-state index contributed by atoms with van der Waals surface area (Å²) in [5.74, 6) is 1.70. The molecule has 142 valence electrons. The summed E-state index contributed by atoms with van der Waals surface area (Å²) in [6.07, 6.45) is 0. The summed E-state index contributed by atoms with van der Waals surface area (Å²) in [7, 11) is 1.66. The van der Waals surface area contributed by atoms with E-state index < -0.39 is 0 Å². The van der Waals surface area contributed by atoms with Crippen molar-refractivity contribution in [2.24, 2.45) is 4.99 Å². The van der Waals surface area contributed by atoms with Crippen LogP contribution in [0.25, 0.3) is 17.1 Å². The Kier molecular flexibility index (Phi) is 6.44. The van der Waals surface area contributed by atoms with Crippen molar-refractivity contribution in [3.8, 4) is 22.8 Å². The molecule has 0 fully saturated rings. The number of halogens is 1. The first-order valence-corrected chi connectivity index (χ1v) is 9.42. The van der Waals surface area contributed by atoms with Gasteiger partial charge in [-0.3, -0.25) is 0 Å². The smallest absolute Gasteiger partial charge is 0.228 e. The van der Waals surface area contributed by atoms with Crippen LogP contribution in [0.1, 0.15) is 5.56 Å². The van der Waals surface area contributed by atoms with Gasteiger partial charge in [-0.2, -0.15) is 4.98 Å². The van der Waals surface area contributed by atoms with E-state index in [1.807, 2.05) is 42.5 Å². The molecular formula is C22H20BrN3OS. The molecule has 1 aromatic heterocycles. The number of ether oxygens (including phenoxy) is 1. The average Bonchev–Trinajstić information content (AvgIpc) is 3.13. The third-order valence-electron chi connectivity index (χ3n) is 4.16. The number of hydrogen-bond donors (Lipinski definition) is 0. The highest BCUT2D eigenvalue weighted by Gasteiger charge is 2.10. The summed E-state index contributed by atoms with van der Waals surface area (Å²) in [6, 6.07) is 26.3. The zero-order chi connectivity index (χ0) is 18.6. The average molecular weight is 454 g/mol. The van der Waals surface area contributed by atoms with Gasteiger partial charge < -0.3 is 4.74 Å². The summed E-state index contributed by atoms with van der Waals surface area (Å²) >= 11 is 1.53. The molecule has 0 aliphatic heterocycles. The number of nitrogens with zero attached hydrogens (tertiary/aromatic N) is 3. The van der Waals surface area contributed by atoms with E-state index in [9.17, 15) is 0 Å². The first kappa shape index (κ1) is 20.0. The molecule has 28 heavy (non-hydrogen) atoms. The summed E-state index contributed by atoms with van der Waals surface area (Å²) in [5, 5.41) is 0. The maximum Gasteiger partial charge on any atom is 0.228 e. The van der Waals surface area contributed by atoms with Crippen molar-refractivity contribution < 1.29 is 4.74 Å². The molecule has 4 nitrogen and oxygen atoms in total. The number of aromatic nitrogens is 2. The first-order chi connectivity index (χ1) is 13.2. The van der Waals surface area contributed by atoms with Crippen LogP contribution in [0.15, 0.2) is 83.9 Å². The van der Waals surface area contributed by atoms with E-state index >= 15 is 0 Å². The van der Waals surface area contributed by atoms with Gasteiger partial charge in [0.1, 0.15) is 5.75 Å². The minimum absolute atomic E-state index is 0. The lowest BCUT2D eigenvalue weighted by molar-refractivity contribution is 0.415. The van der Waals surface area contributed by atoms with E-state index in [1.54, 1.807) is 7.11 Å². The first-order valence-electron chi connectivity index (χ1n) is 8.64. The highest BCUT2D eigenvalue weighted by Crippen LogP contribution is 2.23. The third-order valence-corrected chi connectivity index (χ3v) is 5.08. The van der Waals surface area contributed by atoms with Crippen LogP contribution >= 0.6 is 28.5 Å². The second kappa shape index (κ2) is 8.99. The fraction of sp³-hybridized carbons (Fsp3) is 0.0909. The molecule has 0 N–H and O–H groups in total. The van der Waals surface area contributed by atoms with Crippen molar-refractivity contribution in [1.29, 1.82) is 0 Å². The molecule has 4 rings (SSSR count). The lowest BCUT2D eigenvalue weighted by Crippen LogP contribution is -1.97. The van der Waals surface area contributed by atoms with Gasteiger partial charge in [0, 0.05) is 5.56 Å². The van der Waals surface area contributed by atoms with Gasteiger partial charge in [0.05, 0.1) is 18.5 Å². The molecule has 0 spiro atoms. The Morgan fingerprint density at radius 2 is 1.57 bits per heavy atom. The molecule has 0 saturated heterocycles. The molecule has 0 amide bonds. The molecule has 3 aromatic carbocycles. The molecule has 0 unspecified atom stereocenters. The maximum absolute atomic E-state index is 5.21. The lowest BCUT2D eigenvalue weighted by Gasteiger charge is -2.06. The highest BCUT2D eigenvalue weighted by molar-refractivity contribution is 8.93. The van der Waals surface area contributed by atoms with Crippen molar-refractivity contribution in [1.82, 2.24) is 8.94 Å². The molecule has 0 saturated carbocycles. The van der Waals surface area contributed by atoms with Crippen LogP contribution in [0.3, 0.4) is 0 Å². The summed E-state index contributed by atoms with van der Waals surface area (Å²) in [6.45, 7) is 2.09. The zero-order valence-electron chi connectivity index (χ0n) is 15.6. The Bertz CT molecular complexity index is 1100. The predicted octanol–water partition coefficient (Wildman–Crippen LogP) is 5.73. The van der Waals surface area contributed by atoms with E-state index in [4.69, 9.17) is 14.7 Å². The van der Waals surface area contributed by atoms with Crippen molar-refractivity contribution in [2.75, 3.05) is 7.11 Å². The Morgan fingerprint density at radius 1 is 0.893 bits per heavy atom. The van der Waals surface area contributed by atoms with E-state index in [0.717, 1.165) is 28.5 Å². The molecule has 4 aromatic rings. The zero-order valence-corrected chi connectivity index (χ0v) is 18.1. The van der Waals surface area contributed by atoms with Gasteiger partial charge in [-0.05, 0) is 54.9 Å². The Labute approximate surface area is 178 Å². The minimum atomic E-state index is 0. The normalized spacial score (nSPS) is 11.1. The van der Waals surface area contributed by atoms with Crippen LogP contribution in [-0.2, 0) is 0 Å². The molecule has 0 aliphatic rings. The fourth-order valence-corrected chi connectivity index (χ4v) is 3.61. The Hall–Kier alpha value is -2.70. The number of benzene rings is 3. The molecule has 6 heteroatoms. The monoisotopic (exact) mass is 453 g/mol. The second-order valence-corrected chi connectivity index (χ2v) is 7.03. The van der Waals surface area contributed by atoms with Crippen LogP contribution in [-0.4, -0.2) is 16.1 Å². The molecule has 0 bridgehead atoms. The van der Waals surface area contributed by atoms with E-state index in [1.165, 1.54) is 17.1 Å². The number of rotatable bonds is 4. The molecule has 0 atom stereocenters. The fourth-order valence-electron chi connectivity index (χ4n) is 2.72. The van der Waals surface area contributed by atoms with Crippen molar-refractivity contribution in [2.45, 2.75) is 6.92 Å². The van der Waals surface area contributed by atoms with Crippen LogP contribution in [0.2, 0.25) is 0 Å². The second-order valence-electron chi connectivity index (χ2n) is 6.12. The van der Waals surface area contributed by atoms with Gasteiger partial charge in [0.2, 0.25) is 4.80 Å². The minimum Gasteiger partial charge on any atom is -0.497 e. The van der Waals surface area contributed by atoms with Crippen molar-refractivity contribution in [3.63, 3.8) is 0 Å². The Morgan fingerprint density at radius 3 is 2.21 bits per heavy atom. The van der Waals surface area contributed by atoms with Crippen molar-refractivity contribution in [3.05, 3.63) is 89.2 Å². The van der Waals surface area contributed by atoms with Crippen LogP contribution in [0, 0.1) is 6.92 Å². The number of methoxy groups -OCH3 is 1. The quantitative estimate of drug-likeness (QED) is 0.395. The molecule has 0 radical (unpaired) electrons. The van der Waals surface area contributed by atoms with Gasteiger partial charge in [-0.1, -0.05) is 48.0 Å². The van der Waals surface area contributed by atoms with Crippen molar-refractivity contribution >= 4 is 34.2 Å². The van der Waals surface area contributed by atoms with E-state index in [0.29, 0.717) is 4.80 Å². The topological polar surface area (TPSA) is 39.4 Å². The summed E-state index contributed by atoms with van der Waals surface area (Å²) < 4.78 is 7.33. The van der Waals surface area contributed by atoms with Gasteiger partial charge in [0.25, 0.3) is 0 Å². The van der Waals surface area contributed by atoms with Gasteiger partial charge in [0.15, 0.2) is 5.82 Å². The van der Waals surface area contributed by atoms with Gasteiger partial charge in [-0.25, -0.2) is 8.95 Å². The van der Waals surface area contributed by atoms with E-state index in [2.05, 4.69) is 47.3 Å². The highest BCUT2D eigenvalue weighted by atomic mass is 79.9. The standard InChI is InChI=1S/C22H19N3OS.BrH/c1-16-8-12-19(13-9-16)25-21(17-6-4-3-5-7-17)24-22(27-25)23-18-10-14-20(26-2)15-11-18;/h3-15H,1-2H3;1H.